The number of nitrogens with one attached hydrogen (secondary N) is 2. The first-order valence-electron chi connectivity index (χ1n) is 9.87. The number of rotatable bonds is 7. The fraction of sp³-hybridized carbons (Fsp3) is 0.500. The molecule has 3 rings (SSSR count). The van der Waals surface area contributed by atoms with Crippen molar-refractivity contribution >= 4 is 50.3 Å². The lowest BCUT2D eigenvalue weighted by molar-refractivity contribution is -0.285. The summed E-state index contributed by atoms with van der Waals surface area (Å²) in [4.78, 5) is 27.5. The highest BCUT2D eigenvalue weighted by atomic mass is 79.9. The van der Waals surface area contributed by atoms with Crippen LogP contribution in [0.3, 0.4) is 0 Å². The molecule has 0 bridgehead atoms. The van der Waals surface area contributed by atoms with Crippen molar-refractivity contribution in [1.82, 2.24) is 10.3 Å². The van der Waals surface area contributed by atoms with Gasteiger partial charge in [-0.05, 0) is 28.1 Å². The molecule has 6 atom stereocenters. The van der Waals surface area contributed by atoms with Crippen molar-refractivity contribution in [2.24, 2.45) is 0 Å². The molecule has 1 aromatic heterocycles. The molecule has 13 heteroatoms. The van der Waals surface area contributed by atoms with Crippen LogP contribution in [0.4, 0.5) is 0 Å². The van der Waals surface area contributed by atoms with Crippen LogP contribution < -0.4 is 10.1 Å². The highest BCUT2D eigenvalue weighted by Gasteiger charge is 2.57. The van der Waals surface area contributed by atoms with Gasteiger partial charge < -0.3 is 44.9 Å². The molecule has 2 heterocycles. The number of carbonyl (C=O) groups excluding carboxylic acids is 2. The van der Waals surface area contributed by atoms with Crippen molar-refractivity contribution < 1.29 is 44.2 Å². The number of amides is 1. The number of aliphatic hydroxyl groups is 4. The molecule has 1 aliphatic rings. The van der Waals surface area contributed by atoms with E-state index < -0.39 is 61.1 Å². The van der Waals surface area contributed by atoms with E-state index in [4.69, 9.17) is 25.8 Å². The molecule has 1 aliphatic heterocycles. The molecule has 0 spiro atoms. The number of ether oxygens (including phenoxy) is 3. The fourth-order valence-electron chi connectivity index (χ4n) is 3.76. The van der Waals surface area contributed by atoms with E-state index in [1.807, 2.05) is 0 Å². The Bertz CT molecular complexity index is 1030. The molecule has 11 nitrogen and oxygen atoms in total. The maximum absolute atomic E-state index is 12.9. The quantitative estimate of drug-likeness (QED) is 0.263. The number of carbonyl (C=O) groups is 2. The minimum absolute atomic E-state index is 0.0859. The fourth-order valence-corrected chi connectivity index (χ4v) is 4.35. The van der Waals surface area contributed by atoms with Crippen molar-refractivity contribution in [3.8, 4) is 5.75 Å². The SMILES string of the molecule is COC(=O)[C@@]1(Oc2c[nH]c3ccc(Br)c(Cl)c23)CC(O)[C@@H](NC(C)=O)C([C@H](O)[C@H](O)CO)O1. The maximum atomic E-state index is 12.9. The Labute approximate surface area is 201 Å². The molecular weight excluding hydrogens is 528 g/mol. The van der Waals surface area contributed by atoms with Gasteiger partial charge in [-0.15, -0.1) is 0 Å². The van der Waals surface area contributed by atoms with E-state index >= 15 is 0 Å². The van der Waals surface area contributed by atoms with Crippen LogP contribution in [0.25, 0.3) is 10.9 Å². The molecule has 1 aromatic carbocycles. The second kappa shape index (κ2) is 10.1. The van der Waals surface area contributed by atoms with E-state index in [0.717, 1.165) is 7.11 Å². The number of hydrogen-bond acceptors (Lipinski definition) is 9. The van der Waals surface area contributed by atoms with E-state index in [0.29, 0.717) is 15.4 Å². The van der Waals surface area contributed by atoms with Gasteiger partial charge in [0.15, 0.2) is 5.75 Å². The van der Waals surface area contributed by atoms with E-state index in [1.54, 1.807) is 12.1 Å². The molecule has 0 aliphatic carbocycles. The molecule has 33 heavy (non-hydrogen) atoms. The number of H-pyrrole nitrogens is 1. The predicted octanol–water partition coefficient (Wildman–Crippen LogP) is 0.200. The van der Waals surface area contributed by atoms with Gasteiger partial charge in [0.25, 0.3) is 0 Å². The maximum Gasteiger partial charge on any atom is 0.379 e. The molecule has 2 unspecified atom stereocenters. The molecule has 182 valence electrons. The van der Waals surface area contributed by atoms with Crippen LogP contribution in [0.2, 0.25) is 5.02 Å². The second-order valence-electron chi connectivity index (χ2n) is 7.60. The number of methoxy groups -OCH3 is 1. The van der Waals surface area contributed by atoms with Crippen molar-refractivity contribution in [3.63, 3.8) is 0 Å². The van der Waals surface area contributed by atoms with Gasteiger partial charge in [-0.2, -0.15) is 0 Å². The molecule has 1 amide bonds. The zero-order valence-corrected chi connectivity index (χ0v) is 20.0. The summed E-state index contributed by atoms with van der Waals surface area (Å²) in [5, 5.41) is 43.8. The first kappa shape index (κ1) is 25.7. The first-order valence-corrected chi connectivity index (χ1v) is 11.0. The summed E-state index contributed by atoms with van der Waals surface area (Å²) >= 11 is 9.72. The average molecular weight is 552 g/mol. The minimum atomic E-state index is -2.29. The van der Waals surface area contributed by atoms with Crippen LogP contribution in [-0.2, 0) is 19.1 Å². The third kappa shape index (κ3) is 4.97. The number of hydrogen-bond donors (Lipinski definition) is 6. The second-order valence-corrected chi connectivity index (χ2v) is 8.84. The number of aromatic amines is 1. The van der Waals surface area contributed by atoms with Crippen molar-refractivity contribution in [1.29, 1.82) is 0 Å². The van der Waals surface area contributed by atoms with Crippen LogP contribution >= 0.6 is 27.5 Å². The summed E-state index contributed by atoms with van der Waals surface area (Å²) in [5.41, 5.74) is 0.581. The Morgan fingerprint density at radius 1 is 1.42 bits per heavy atom. The van der Waals surface area contributed by atoms with Gasteiger partial charge in [0, 0.05) is 17.6 Å². The molecular formula is C20H24BrClN2O9. The Kier molecular flexibility index (Phi) is 7.89. The number of fused-ring (bicyclic) bond motifs is 1. The largest absolute Gasteiger partial charge is 0.464 e. The molecule has 6 N–H and O–H groups in total. The monoisotopic (exact) mass is 550 g/mol. The normalized spacial score (nSPS) is 27.1. The van der Waals surface area contributed by atoms with Gasteiger partial charge in [0.05, 0.1) is 48.2 Å². The summed E-state index contributed by atoms with van der Waals surface area (Å²) in [6.07, 6.45) is -5.62. The van der Waals surface area contributed by atoms with E-state index in [-0.39, 0.29) is 10.8 Å². The van der Waals surface area contributed by atoms with Gasteiger partial charge in [-0.3, -0.25) is 4.79 Å². The Morgan fingerprint density at radius 2 is 2.12 bits per heavy atom. The zero-order valence-electron chi connectivity index (χ0n) is 17.6. The Balaban J connectivity index is 2.08. The van der Waals surface area contributed by atoms with E-state index in [1.165, 1.54) is 13.1 Å². The molecule has 2 aromatic rings. The Hall–Kier alpha value is -1.93. The summed E-state index contributed by atoms with van der Waals surface area (Å²) in [5.74, 6) is -3.80. The zero-order chi connectivity index (χ0) is 24.5. The summed E-state index contributed by atoms with van der Waals surface area (Å²) < 4.78 is 17.2. The number of halogens is 2. The van der Waals surface area contributed by atoms with Crippen LogP contribution in [-0.4, -0.2) is 87.2 Å². The van der Waals surface area contributed by atoms with Gasteiger partial charge >= 0.3 is 11.8 Å². The van der Waals surface area contributed by atoms with Crippen molar-refractivity contribution in [2.75, 3.05) is 13.7 Å². The minimum Gasteiger partial charge on any atom is -0.464 e. The first-order chi connectivity index (χ1) is 15.5. The number of aliphatic hydroxyl groups excluding tert-OH is 4. The van der Waals surface area contributed by atoms with Crippen molar-refractivity contribution in [2.45, 2.75) is 49.6 Å². The average Bonchev–Trinajstić information content (AvgIpc) is 3.19. The van der Waals surface area contributed by atoms with E-state index in [9.17, 15) is 30.0 Å². The lowest BCUT2D eigenvalue weighted by atomic mass is 9.88. The highest BCUT2D eigenvalue weighted by molar-refractivity contribution is 9.10. The van der Waals surface area contributed by atoms with Crippen molar-refractivity contribution in [3.05, 3.63) is 27.8 Å². The topological polar surface area (TPSA) is 171 Å². The van der Waals surface area contributed by atoms with Gasteiger partial charge in [-0.25, -0.2) is 4.79 Å². The van der Waals surface area contributed by atoms with Gasteiger partial charge in [-0.1, -0.05) is 11.6 Å². The van der Waals surface area contributed by atoms with E-state index in [2.05, 4.69) is 26.2 Å². The third-order valence-corrected chi connectivity index (χ3v) is 6.61. The summed E-state index contributed by atoms with van der Waals surface area (Å²) in [6.45, 7) is 0.338. The number of benzene rings is 1. The standard InChI is InChI=1S/C20H24BrClN2O9/c1-8(26)24-16-11(27)5-20(19(30)31-2,33-18(16)17(29)12(28)7-25)32-13-6-23-10-4-3-9(21)15(22)14(10)13/h3-4,6,11-12,16-18,23,25,27-29H,5,7H2,1-2H3,(H,24,26)/t11?,12-,16-,17-,18?,20-/m1/s1. The van der Waals surface area contributed by atoms with Gasteiger partial charge in [0.2, 0.25) is 5.91 Å². The number of esters is 1. The number of aromatic nitrogens is 1. The summed E-state index contributed by atoms with van der Waals surface area (Å²) in [6, 6.07) is 2.19. The predicted molar refractivity (Wildman–Crippen MR) is 119 cm³/mol. The third-order valence-electron chi connectivity index (χ3n) is 5.33. The molecule has 0 saturated carbocycles. The van der Waals surface area contributed by atoms with Crippen LogP contribution in [0.5, 0.6) is 5.75 Å². The van der Waals surface area contributed by atoms with Crippen LogP contribution in [0, 0.1) is 0 Å². The lowest BCUT2D eigenvalue weighted by Gasteiger charge is -2.46. The molecule has 1 fully saturated rings. The van der Waals surface area contributed by atoms with Crippen LogP contribution in [0.15, 0.2) is 22.8 Å². The van der Waals surface area contributed by atoms with Crippen LogP contribution in [0.1, 0.15) is 13.3 Å². The Morgan fingerprint density at radius 3 is 2.73 bits per heavy atom. The van der Waals surface area contributed by atoms with Gasteiger partial charge in [0.1, 0.15) is 18.3 Å². The molecule has 0 radical (unpaired) electrons. The lowest BCUT2D eigenvalue weighted by Crippen LogP contribution is -2.68. The smallest absolute Gasteiger partial charge is 0.379 e. The molecule has 1 saturated heterocycles. The highest BCUT2D eigenvalue weighted by Crippen LogP contribution is 2.41. The summed E-state index contributed by atoms with van der Waals surface area (Å²) in [7, 11) is 1.08.